The van der Waals surface area contributed by atoms with Gasteiger partial charge in [0, 0.05) is 25.1 Å². The normalized spacial score (nSPS) is 16.8. The van der Waals surface area contributed by atoms with E-state index in [0.29, 0.717) is 5.92 Å². The molecule has 1 saturated heterocycles. The topological polar surface area (TPSA) is 29.3 Å². The van der Waals surface area contributed by atoms with Gasteiger partial charge in [-0.15, -0.1) is 0 Å². The van der Waals surface area contributed by atoms with Gasteiger partial charge in [-0.2, -0.15) is 0 Å². The fourth-order valence-corrected chi connectivity index (χ4v) is 2.91. The zero-order valence-electron chi connectivity index (χ0n) is 10.3. The van der Waals surface area contributed by atoms with Crippen molar-refractivity contribution < 1.29 is 4.42 Å². The van der Waals surface area contributed by atoms with E-state index in [1.165, 1.54) is 0 Å². The second kappa shape index (κ2) is 4.86. The number of hydrogen-bond acceptors (Lipinski definition) is 3. The lowest BCUT2D eigenvalue weighted by Gasteiger charge is -2.35. The molecule has 0 bridgehead atoms. The SMILES string of the molecule is CN1CC(Cc2nc(Br)c(-c3ccccc3)o2)C1. The van der Waals surface area contributed by atoms with Gasteiger partial charge < -0.3 is 9.32 Å². The smallest absolute Gasteiger partial charge is 0.196 e. The fraction of sp³-hybridized carbons (Fsp3) is 0.357. The molecule has 0 amide bonds. The molecule has 0 atom stereocenters. The van der Waals surface area contributed by atoms with Crippen molar-refractivity contribution in [1.82, 2.24) is 9.88 Å². The van der Waals surface area contributed by atoms with Gasteiger partial charge in [0.05, 0.1) is 0 Å². The van der Waals surface area contributed by atoms with E-state index in [9.17, 15) is 0 Å². The Hall–Kier alpha value is -1.13. The lowest BCUT2D eigenvalue weighted by Crippen LogP contribution is -2.44. The first-order valence-electron chi connectivity index (χ1n) is 6.11. The average molecular weight is 307 g/mol. The summed E-state index contributed by atoms with van der Waals surface area (Å²) in [5.74, 6) is 2.35. The molecule has 3 rings (SSSR count). The predicted molar refractivity (Wildman–Crippen MR) is 74.3 cm³/mol. The second-order valence-electron chi connectivity index (χ2n) is 4.88. The van der Waals surface area contributed by atoms with Crippen molar-refractivity contribution in [3.05, 3.63) is 40.8 Å². The summed E-state index contributed by atoms with van der Waals surface area (Å²) in [6.45, 7) is 2.28. The molecule has 1 fully saturated rings. The molecular weight excluding hydrogens is 292 g/mol. The summed E-state index contributed by atoms with van der Waals surface area (Å²) in [4.78, 5) is 6.77. The van der Waals surface area contributed by atoms with Gasteiger partial charge in [-0.25, -0.2) is 4.98 Å². The Morgan fingerprint density at radius 2 is 2.06 bits per heavy atom. The molecule has 94 valence electrons. The molecule has 1 aromatic heterocycles. The maximum atomic E-state index is 5.87. The van der Waals surface area contributed by atoms with Gasteiger partial charge in [-0.05, 0) is 28.9 Å². The van der Waals surface area contributed by atoms with Gasteiger partial charge in [0.1, 0.15) is 0 Å². The summed E-state index contributed by atoms with van der Waals surface area (Å²) in [6, 6.07) is 10.1. The van der Waals surface area contributed by atoms with Crippen molar-refractivity contribution >= 4 is 15.9 Å². The van der Waals surface area contributed by atoms with Crippen molar-refractivity contribution in [1.29, 1.82) is 0 Å². The third kappa shape index (κ3) is 2.35. The van der Waals surface area contributed by atoms with E-state index in [-0.39, 0.29) is 0 Å². The van der Waals surface area contributed by atoms with E-state index in [1.807, 2.05) is 30.3 Å². The van der Waals surface area contributed by atoms with Crippen LogP contribution in [0.15, 0.2) is 39.4 Å². The molecule has 0 saturated carbocycles. The summed E-state index contributed by atoms with van der Waals surface area (Å²) in [7, 11) is 2.14. The monoisotopic (exact) mass is 306 g/mol. The maximum absolute atomic E-state index is 5.87. The van der Waals surface area contributed by atoms with Crippen molar-refractivity contribution in [2.24, 2.45) is 5.92 Å². The van der Waals surface area contributed by atoms with Gasteiger partial charge in [0.2, 0.25) is 0 Å². The first kappa shape index (κ1) is 11.9. The molecule has 0 aliphatic carbocycles. The standard InChI is InChI=1S/C14H15BrN2O/c1-17-8-10(9-17)7-12-16-14(15)13(18-12)11-5-3-2-4-6-11/h2-6,10H,7-9H2,1H3. The lowest BCUT2D eigenvalue weighted by atomic mass is 9.97. The van der Waals surface area contributed by atoms with Gasteiger partial charge in [-0.1, -0.05) is 30.3 Å². The van der Waals surface area contributed by atoms with E-state index >= 15 is 0 Å². The minimum absolute atomic E-state index is 0.684. The predicted octanol–water partition coefficient (Wildman–Crippen LogP) is 3.21. The molecule has 18 heavy (non-hydrogen) atoms. The number of nitrogens with zero attached hydrogens (tertiary/aromatic N) is 2. The zero-order valence-corrected chi connectivity index (χ0v) is 11.9. The highest BCUT2D eigenvalue weighted by molar-refractivity contribution is 9.10. The highest BCUT2D eigenvalue weighted by Crippen LogP contribution is 2.30. The molecule has 4 heteroatoms. The minimum atomic E-state index is 0.684. The molecule has 2 heterocycles. The van der Waals surface area contributed by atoms with Gasteiger partial charge in [0.15, 0.2) is 16.3 Å². The first-order chi connectivity index (χ1) is 8.72. The van der Waals surface area contributed by atoms with Gasteiger partial charge in [-0.3, -0.25) is 0 Å². The summed E-state index contributed by atoms with van der Waals surface area (Å²) in [5.41, 5.74) is 1.06. The van der Waals surface area contributed by atoms with Crippen LogP contribution in [-0.2, 0) is 6.42 Å². The van der Waals surface area contributed by atoms with E-state index in [4.69, 9.17) is 4.42 Å². The Bertz CT molecular complexity index is 532. The summed E-state index contributed by atoms with van der Waals surface area (Å²) >= 11 is 3.48. The Morgan fingerprint density at radius 1 is 1.33 bits per heavy atom. The molecule has 1 aromatic carbocycles. The Kier molecular flexibility index (Phi) is 3.22. The van der Waals surface area contributed by atoms with Crippen LogP contribution >= 0.6 is 15.9 Å². The third-order valence-electron chi connectivity index (χ3n) is 3.27. The van der Waals surface area contributed by atoms with Gasteiger partial charge >= 0.3 is 0 Å². The molecule has 0 radical (unpaired) electrons. The molecule has 2 aromatic rings. The van der Waals surface area contributed by atoms with Crippen LogP contribution in [0.5, 0.6) is 0 Å². The number of rotatable bonds is 3. The quantitative estimate of drug-likeness (QED) is 0.872. The summed E-state index contributed by atoms with van der Waals surface area (Å²) in [6.07, 6.45) is 0.926. The number of likely N-dealkylation sites (tertiary alicyclic amines) is 1. The van der Waals surface area contributed by atoms with Crippen molar-refractivity contribution in [2.75, 3.05) is 20.1 Å². The van der Waals surface area contributed by atoms with Crippen molar-refractivity contribution in [3.63, 3.8) is 0 Å². The van der Waals surface area contributed by atoms with Gasteiger partial charge in [0.25, 0.3) is 0 Å². The maximum Gasteiger partial charge on any atom is 0.196 e. The number of oxazole rings is 1. The van der Waals surface area contributed by atoms with Crippen LogP contribution in [-0.4, -0.2) is 30.0 Å². The Balaban J connectivity index is 1.78. The molecule has 0 spiro atoms. The zero-order chi connectivity index (χ0) is 12.5. The fourth-order valence-electron chi connectivity index (χ4n) is 2.40. The van der Waals surface area contributed by atoms with E-state index < -0.39 is 0 Å². The third-order valence-corrected chi connectivity index (χ3v) is 3.81. The number of aromatic nitrogens is 1. The van der Waals surface area contributed by atoms with Crippen LogP contribution in [0.4, 0.5) is 0 Å². The number of hydrogen-bond donors (Lipinski definition) is 0. The molecule has 0 unspecified atom stereocenters. The lowest BCUT2D eigenvalue weighted by molar-refractivity contribution is 0.128. The number of halogens is 1. The van der Waals surface area contributed by atoms with Crippen molar-refractivity contribution in [3.8, 4) is 11.3 Å². The first-order valence-corrected chi connectivity index (χ1v) is 6.91. The second-order valence-corrected chi connectivity index (χ2v) is 5.64. The summed E-state index contributed by atoms with van der Waals surface area (Å²) < 4.78 is 6.67. The van der Waals surface area contributed by atoms with Crippen LogP contribution in [0.1, 0.15) is 5.89 Å². The van der Waals surface area contributed by atoms with Crippen LogP contribution in [0.25, 0.3) is 11.3 Å². The van der Waals surface area contributed by atoms with Crippen LogP contribution < -0.4 is 0 Å². The molecule has 1 aliphatic heterocycles. The largest absolute Gasteiger partial charge is 0.439 e. The molecular formula is C14H15BrN2O. The number of benzene rings is 1. The van der Waals surface area contributed by atoms with Crippen molar-refractivity contribution in [2.45, 2.75) is 6.42 Å². The molecule has 0 N–H and O–H groups in total. The minimum Gasteiger partial charge on any atom is -0.439 e. The van der Waals surface area contributed by atoms with Crippen LogP contribution in [0.2, 0.25) is 0 Å². The van der Waals surface area contributed by atoms with Crippen LogP contribution in [0.3, 0.4) is 0 Å². The summed E-state index contributed by atoms with van der Waals surface area (Å²) in [5, 5.41) is 0. The van der Waals surface area contributed by atoms with E-state index in [2.05, 4.69) is 32.9 Å². The van der Waals surface area contributed by atoms with E-state index in [0.717, 1.165) is 41.3 Å². The van der Waals surface area contributed by atoms with Crippen LogP contribution in [0, 0.1) is 5.92 Å². The highest BCUT2D eigenvalue weighted by atomic mass is 79.9. The molecule has 1 aliphatic rings. The Morgan fingerprint density at radius 3 is 2.72 bits per heavy atom. The molecule has 3 nitrogen and oxygen atoms in total. The highest BCUT2D eigenvalue weighted by Gasteiger charge is 2.25. The average Bonchev–Trinajstić information content (AvgIpc) is 2.70. The van der Waals surface area contributed by atoms with E-state index in [1.54, 1.807) is 0 Å². The Labute approximate surface area is 115 Å².